The minimum absolute atomic E-state index is 0.0630. The van der Waals surface area contributed by atoms with Gasteiger partial charge in [0.1, 0.15) is 54.4 Å². The van der Waals surface area contributed by atoms with E-state index in [2.05, 4.69) is 0 Å². The van der Waals surface area contributed by atoms with E-state index in [1.165, 1.54) is 13.2 Å². The van der Waals surface area contributed by atoms with Gasteiger partial charge in [-0.15, -0.1) is 0 Å². The lowest BCUT2D eigenvalue weighted by Crippen LogP contribution is -2.62. The van der Waals surface area contributed by atoms with Gasteiger partial charge >= 0.3 is 5.63 Å². The Balaban J connectivity index is 1.61. The van der Waals surface area contributed by atoms with E-state index in [0.29, 0.717) is 10.9 Å². The van der Waals surface area contributed by atoms with Crippen LogP contribution < -0.4 is 15.1 Å². The Morgan fingerprint density at radius 2 is 1.54 bits per heavy atom. The van der Waals surface area contributed by atoms with Gasteiger partial charge in [0.25, 0.3) is 0 Å². The second-order valence-electron chi connectivity index (χ2n) is 10.2. The number of hydrogen-bond donors (Lipinski definition) is 7. The van der Waals surface area contributed by atoms with Crippen LogP contribution in [-0.2, 0) is 20.6 Å². The number of allylic oxidation sites excluding steroid dienone is 2. The topological polar surface area (TPSA) is 218 Å². The lowest BCUT2D eigenvalue weighted by molar-refractivity contribution is -0.323. The molecule has 2 saturated heterocycles. The van der Waals surface area contributed by atoms with Gasteiger partial charge in [-0.05, 0) is 32.4 Å². The van der Waals surface area contributed by atoms with Crippen LogP contribution in [0, 0.1) is 0 Å². The predicted octanol–water partition coefficient (Wildman–Crippen LogP) is -1.69. The standard InChI is InChI=1S/C27H36O14/c1-11(2)4-6-13-24-12(5-7-17(29)40-24)8-14(36-3)25(13)41-27-23(35)21(33)19(31)16(39-27)10-37-26-22(34)20(32)18(30)15(9-28)38-26/h4-5,7-8,15-16,18-23,26-28,30-35H,6,9-10H2,1-3H3/t15-,16-,18+,19-,20+,21+,22-,23-,26-,27+/m1/s1. The molecule has 0 radical (unpaired) electrons. The smallest absolute Gasteiger partial charge is 0.336 e. The molecule has 14 heteroatoms. The molecule has 10 atom stereocenters. The van der Waals surface area contributed by atoms with E-state index in [9.17, 15) is 40.5 Å². The molecule has 0 saturated carbocycles. The van der Waals surface area contributed by atoms with E-state index >= 15 is 0 Å². The summed E-state index contributed by atoms with van der Waals surface area (Å²) in [5.41, 5.74) is 0.996. The summed E-state index contributed by atoms with van der Waals surface area (Å²) in [6, 6.07) is 4.40. The van der Waals surface area contributed by atoms with Gasteiger partial charge in [0.15, 0.2) is 17.8 Å². The van der Waals surface area contributed by atoms with Gasteiger partial charge in [0, 0.05) is 17.0 Å². The Hall–Kier alpha value is -2.63. The number of rotatable bonds is 9. The second kappa shape index (κ2) is 13.1. The molecule has 2 aliphatic rings. The first kappa shape index (κ1) is 31.3. The maximum absolute atomic E-state index is 12.0. The van der Waals surface area contributed by atoms with Crippen molar-refractivity contribution in [2.45, 2.75) is 81.7 Å². The summed E-state index contributed by atoms with van der Waals surface area (Å²) in [7, 11) is 1.39. The molecule has 14 nitrogen and oxygen atoms in total. The van der Waals surface area contributed by atoms with Crippen molar-refractivity contribution in [3.8, 4) is 11.5 Å². The van der Waals surface area contributed by atoms with E-state index in [4.69, 9.17) is 28.1 Å². The van der Waals surface area contributed by atoms with Crippen LogP contribution >= 0.6 is 0 Å². The number of benzene rings is 1. The van der Waals surface area contributed by atoms with Crippen LogP contribution in [0.5, 0.6) is 11.5 Å². The summed E-state index contributed by atoms with van der Waals surface area (Å²) in [4.78, 5) is 12.0. The molecule has 1 aromatic heterocycles. The first-order valence-electron chi connectivity index (χ1n) is 13.0. The number of hydrogen-bond acceptors (Lipinski definition) is 14. The van der Waals surface area contributed by atoms with Crippen molar-refractivity contribution in [3.63, 3.8) is 0 Å². The van der Waals surface area contributed by atoms with Gasteiger partial charge < -0.3 is 63.8 Å². The Morgan fingerprint density at radius 3 is 2.17 bits per heavy atom. The number of ether oxygens (including phenoxy) is 5. The maximum Gasteiger partial charge on any atom is 0.336 e. The van der Waals surface area contributed by atoms with E-state index in [1.807, 2.05) is 19.9 Å². The molecule has 2 fully saturated rings. The minimum Gasteiger partial charge on any atom is -0.493 e. The molecule has 4 rings (SSSR count). The fraction of sp³-hybridized carbons (Fsp3) is 0.593. The highest BCUT2D eigenvalue weighted by molar-refractivity contribution is 5.85. The maximum atomic E-state index is 12.0. The zero-order valence-corrected chi connectivity index (χ0v) is 22.7. The van der Waals surface area contributed by atoms with E-state index in [-0.39, 0.29) is 23.5 Å². The normalized spacial score (nSPS) is 33.9. The van der Waals surface area contributed by atoms with Gasteiger partial charge in [0.2, 0.25) is 6.29 Å². The van der Waals surface area contributed by atoms with Gasteiger partial charge in [-0.3, -0.25) is 0 Å². The van der Waals surface area contributed by atoms with Crippen LogP contribution in [-0.4, -0.2) is 117 Å². The molecule has 1 aromatic carbocycles. The summed E-state index contributed by atoms with van der Waals surface area (Å²) < 4.78 is 33.5. The molecule has 228 valence electrons. The second-order valence-corrected chi connectivity index (χ2v) is 10.2. The summed E-state index contributed by atoms with van der Waals surface area (Å²) in [5.74, 6) is 0.280. The molecular weight excluding hydrogens is 548 g/mol. The molecule has 0 aliphatic carbocycles. The number of aliphatic hydroxyl groups is 7. The predicted molar refractivity (Wildman–Crippen MR) is 139 cm³/mol. The third-order valence-corrected chi connectivity index (χ3v) is 7.03. The highest BCUT2D eigenvalue weighted by Gasteiger charge is 2.48. The lowest BCUT2D eigenvalue weighted by Gasteiger charge is -2.42. The van der Waals surface area contributed by atoms with Gasteiger partial charge in [-0.25, -0.2) is 4.79 Å². The third kappa shape index (κ3) is 6.57. The first-order chi connectivity index (χ1) is 19.5. The van der Waals surface area contributed by atoms with Crippen LogP contribution in [0.2, 0.25) is 0 Å². The number of aliphatic hydroxyl groups excluding tert-OH is 7. The van der Waals surface area contributed by atoms with Gasteiger partial charge in [-0.1, -0.05) is 11.6 Å². The zero-order chi connectivity index (χ0) is 30.0. The minimum atomic E-state index is -1.76. The van der Waals surface area contributed by atoms with Crippen molar-refractivity contribution in [1.29, 1.82) is 0 Å². The first-order valence-corrected chi connectivity index (χ1v) is 13.0. The van der Waals surface area contributed by atoms with E-state index in [1.54, 1.807) is 12.1 Å². The van der Waals surface area contributed by atoms with Crippen molar-refractivity contribution < 1.29 is 63.8 Å². The molecule has 0 bridgehead atoms. The Kier molecular flexibility index (Phi) is 10.0. The zero-order valence-electron chi connectivity index (χ0n) is 22.7. The molecule has 0 amide bonds. The molecule has 0 unspecified atom stereocenters. The molecule has 3 heterocycles. The van der Waals surface area contributed by atoms with Crippen LogP contribution in [0.15, 0.2) is 39.1 Å². The number of methoxy groups -OCH3 is 1. The highest BCUT2D eigenvalue weighted by Crippen LogP contribution is 2.40. The average molecular weight is 585 g/mol. The molecular formula is C27H36O14. The van der Waals surface area contributed by atoms with E-state index in [0.717, 1.165) is 5.57 Å². The van der Waals surface area contributed by atoms with Crippen molar-refractivity contribution in [3.05, 3.63) is 45.8 Å². The van der Waals surface area contributed by atoms with Crippen LogP contribution in [0.25, 0.3) is 11.0 Å². The summed E-state index contributed by atoms with van der Waals surface area (Å²) in [5, 5.41) is 72.0. The monoisotopic (exact) mass is 584 g/mol. The summed E-state index contributed by atoms with van der Waals surface area (Å²) in [6.07, 6.45) is -13.7. The van der Waals surface area contributed by atoms with Crippen molar-refractivity contribution in [1.82, 2.24) is 0 Å². The largest absolute Gasteiger partial charge is 0.493 e. The highest BCUT2D eigenvalue weighted by atomic mass is 16.7. The quantitative estimate of drug-likeness (QED) is 0.129. The van der Waals surface area contributed by atoms with Crippen LogP contribution in [0.4, 0.5) is 0 Å². The summed E-state index contributed by atoms with van der Waals surface area (Å²) in [6.45, 7) is 2.56. The van der Waals surface area contributed by atoms with Gasteiger partial charge in [0.05, 0.1) is 20.3 Å². The van der Waals surface area contributed by atoms with Crippen LogP contribution in [0.1, 0.15) is 19.4 Å². The third-order valence-electron chi connectivity index (χ3n) is 7.03. The fourth-order valence-electron chi connectivity index (χ4n) is 4.67. The molecule has 0 spiro atoms. The number of fused-ring (bicyclic) bond motifs is 1. The SMILES string of the molecule is COc1cc2ccc(=O)oc2c(CC=C(C)C)c1O[C@@H]1O[C@H](CO[C@@H]2O[C@H](CO)[C@H](O)[C@H](O)[C@H]2O)[C@@H](O)[C@H](O)[C@H]1O. The van der Waals surface area contributed by atoms with E-state index < -0.39 is 80.3 Å². The molecule has 7 N–H and O–H groups in total. The van der Waals surface area contributed by atoms with Crippen molar-refractivity contribution in [2.24, 2.45) is 0 Å². The Morgan fingerprint density at radius 1 is 0.902 bits per heavy atom. The lowest BCUT2D eigenvalue weighted by atomic mass is 9.98. The van der Waals surface area contributed by atoms with Crippen molar-refractivity contribution >= 4 is 11.0 Å². The van der Waals surface area contributed by atoms with Crippen LogP contribution in [0.3, 0.4) is 0 Å². The molecule has 2 aromatic rings. The molecule has 41 heavy (non-hydrogen) atoms. The van der Waals surface area contributed by atoms with Crippen molar-refractivity contribution in [2.75, 3.05) is 20.3 Å². The summed E-state index contributed by atoms with van der Waals surface area (Å²) >= 11 is 0. The molecule has 2 aliphatic heterocycles. The Bertz CT molecular complexity index is 1270. The average Bonchev–Trinajstić information content (AvgIpc) is 2.95. The Labute approximate surface area is 234 Å². The van der Waals surface area contributed by atoms with Gasteiger partial charge in [-0.2, -0.15) is 0 Å². The fourth-order valence-corrected chi connectivity index (χ4v) is 4.67.